The van der Waals surface area contributed by atoms with E-state index in [9.17, 15) is 0 Å². The molecule has 0 amide bonds. The molecular weight excluding hydrogens is 254 g/mol. The minimum Gasteiger partial charge on any atom is -0.348 e. The van der Waals surface area contributed by atoms with Crippen molar-refractivity contribution in [2.24, 2.45) is 5.92 Å². The second kappa shape index (κ2) is 5.41. The molecule has 1 aromatic rings. The number of aromatic nitrogens is 1. The van der Waals surface area contributed by atoms with Gasteiger partial charge in [0.05, 0.1) is 5.69 Å². The highest BCUT2D eigenvalue weighted by Crippen LogP contribution is 2.34. The van der Waals surface area contributed by atoms with Crippen LogP contribution in [0.4, 0.5) is 5.13 Å². The number of nitrogens with one attached hydrogen (secondary N) is 1. The Kier molecular flexibility index (Phi) is 3.81. The maximum Gasteiger partial charge on any atom is 0.185 e. The predicted octanol–water partition coefficient (Wildman–Crippen LogP) is 3.36. The fourth-order valence-electron chi connectivity index (χ4n) is 2.70. The summed E-state index contributed by atoms with van der Waals surface area (Å²) < 4.78 is 0. The molecule has 1 atom stereocenters. The molecule has 3 rings (SSSR count). The van der Waals surface area contributed by atoms with Crippen LogP contribution in [0.2, 0.25) is 0 Å². The third kappa shape index (κ3) is 3.11. The van der Waals surface area contributed by atoms with Crippen molar-refractivity contribution in [3.05, 3.63) is 10.6 Å². The van der Waals surface area contributed by atoms with E-state index in [4.69, 9.17) is 4.98 Å². The molecule has 4 heteroatoms. The molecule has 1 aliphatic heterocycles. The molecule has 1 N–H and O–H groups in total. The Morgan fingerprint density at radius 1 is 1.37 bits per heavy atom. The van der Waals surface area contributed by atoms with Crippen LogP contribution < -0.4 is 10.2 Å². The Morgan fingerprint density at radius 3 is 2.74 bits per heavy atom. The maximum absolute atomic E-state index is 4.93. The largest absolute Gasteiger partial charge is 0.348 e. The van der Waals surface area contributed by atoms with Crippen LogP contribution in [0.1, 0.15) is 56.5 Å². The summed E-state index contributed by atoms with van der Waals surface area (Å²) in [4.78, 5) is 8.86. The van der Waals surface area contributed by atoms with Crippen LogP contribution in [-0.2, 0) is 6.54 Å². The smallest absolute Gasteiger partial charge is 0.185 e. The van der Waals surface area contributed by atoms with Crippen LogP contribution in [0.25, 0.3) is 0 Å². The Bertz CT molecular complexity index is 437. The minimum absolute atomic E-state index is 0.529. The first-order chi connectivity index (χ1) is 9.13. The van der Waals surface area contributed by atoms with Crippen LogP contribution in [-0.4, -0.2) is 24.1 Å². The summed E-state index contributed by atoms with van der Waals surface area (Å²) in [5, 5.41) is 4.88. The first-order valence-electron chi connectivity index (χ1n) is 7.61. The SMILES string of the molecule is CC1CCN(c2nc(C(C)C)c(CNC3CC3)s2)C1. The summed E-state index contributed by atoms with van der Waals surface area (Å²) in [6.07, 6.45) is 4.02. The normalized spacial score (nSPS) is 23.6. The van der Waals surface area contributed by atoms with Crippen molar-refractivity contribution >= 4 is 16.5 Å². The summed E-state index contributed by atoms with van der Waals surface area (Å²) in [5.74, 6) is 1.35. The van der Waals surface area contributed by atoms with Gasteiger partial charge in [0.2, 0.25) is 0 Å². The second-order valence-corrected chi connectivity index (χ2v) is 7.52. The van der Waals surface area contributed by atoms with Crippen LogP contribution >= 0.6 is 11.3 Å². The molecule has 0 bridgehead atoms. The van der Waals surface area contributed by atoms with Gasteiger partial charge in [-0.1, -0.05) is 20.8 Å². The molecule has 1 unspecified atom stereocenters. The lowest BCUT2D eigenvalue weighted by Crippen LogP contribution is -2.18. The van der Waals surface area contributed by atoms with Gasteiger partial charge in [0, 0.05) is 30.6 Å². The molecule has 1 aliphatic carbocycles. The Balaban J connectivity index is 1.74. The van der Waals surface area contributed by atoms with Crippen molar-refractivity contribution in [1.29, 1.82) is 0 Å². The van der Waals surface area contributed by atoms with Gasteiger partial charge in [0.1, 0.15) is 0 Å². The minimum atomic E-state index is 0.529. The number of nitrogens with zero attached hydrogens (tertiary/aromatic N) is 2. The summed E-state index contributed by atoms with van der Waals surface area (Å²) in [5.41, 5.74) is 1.31. The molecule has 1 aromatic heterocycles. The standard InChI is InChI=1S/C15H25N3S/c1-10(2)14-13(8-16-12-4-5-12)19-15(17-14)18-7-6-11(3)9-18/h10-12,16H,4-9H2,1-3H3. The van der Waals surface area contributed by atoms with Crippen molar-refractivity contribution in [1.82, 2.24) is 10.3 Å². The zero-order chi connectivity index (χ0) is 13.4. The van der Waals surface area contributed by atoms with Gasteiger partial charge in [0.15, 0.2) is 5.13 Å². The highest BCUT2D eigenvalue weighted by atomic mass is 32.1. The third-order valence-electron chi connectivity index (χ3n) is 4.09. The van der Waals surface area contributed by atoms with E-state index >= 15 is 0 Å². The van der Waals surface area contributed by atoms with Crippen LogP contribution in [0.5, 0.6) is 0 Å². The molecule has 19 heavy (non-hydrogen) atoms. The molecule has 2 aliphatic rings. The van der Waals surface area contributed by atoms with E-state index in [2.05, 4.69) is 31.0 Å². The fourth-order valence-corrected chi connectivity index (χ4v) is 3.90. The van der Waals surface area contributed by atoms with Gasteiger partial charge in [-0.15, -0.1) is 11.3 Å². The van der Waals surface area contributed by atoms with Crippen molar-refractivity contribution < 1.29 is 0 Å². The molecule has 2 fully saturated rings. The van der Waals surface area contributed by atoms with Crippen molar-refractivity contribution in [2.75, 3.05) is 18.0 Å². The van der Waals surface area contributed by atoms with Gasteiger partial charge >= 0.3 is 0 Å². The van der Waals surface area contributed by atoms with E-state index in [-0.39, 0.29) is 0 Å². The average molecular weight is 279 g/mol. The second-order valence-electron chi connectivity index (χ2n) is 6.45. The fraction of sp³-hybridized carbons (Fsp3) is 0.800. The average Bonchev–Trinajstić information content (AvgIpc) is 2.93. The van der Waals surface area contributed by atoms with E-state index in [1.165, 1.54) is 48.1 Å². The first kappa shape index (κ1) is 13.4. The summed E-state index contributed by atoms with van der Waals surface area (Å²) in [7, 11) is 0. The van der Waals surface area contributed by atoms with Gasteiger partial charge in [-0.3, -0.25) is 0 Å². The summed E-state index contributed by atoms with van der Waals surface area (Å²) in [6.45, 7) is 10.2. The number of rotatable bonds is 5. The highest BCUT2D eigenvalue weighted by molar-refractivity contribution is 7.15. The number of hydrogen-bond donors (Lipinski definition) is 1. The van der Waals surface area contributed by atoms with E-state index in [0.29, 0.717) is 5.92 Å². The lowest BCUT2D eigenvalue weighted by Gasteiger charge is -2.13. The van der Waals surface area contributed by atoms with Gasteiger partial charge in [-0.05, 0) is 31.1 Å². The number of anilines is 1. The third-order valence-corrected chi connectivity index (χ3v) is 5.22. The maximum atomic E-state index is 4.93. The van der Waals surface area contributed by atoms with E-state index in [1.54, 1.807) is 0 Å². The molecule has 3 nitrogen and oxygen atoms in total. The van der Waals surface area contributed by atoms with Gasteiger partial charge in [-0.25, -0.2) is 4.98 Å². The van der Waals surface area contributed by atoms with Crippen molar-refractivity contribution in [3.63, 3.8) is 0 Å². The number of hydrogen-bond acceptors (Lipinski definition) is 4. The quantitative estimate of drug-likeness (QED) is 0.896. The van der Waals surface area contributed by atoms with Crippen molar-refractivity contribution in [2.45, 2.75) is 58.5 Å². The zero-order valence-corrected chi connectivity index (χ0v) is 13.1. The van der Waals surface area contributed by atoms with Crippen molar-refractivity contribution in [3.8, 4) is 0 Å². The molecule has 0 radical (unpaired) electrons. The van der Waals surface area contributed by atoms with E-state index in [1.807, 2.05) is 11.3 Å². The Labute approximate surface area is 120 Å². The molecular formula is C15H25N3S. The molecule has 0 aromatic carbocycles. The monoisotopic (exact) mass is 279 g/mol. The van der Waals surface area contributed by atoms with Crippen LogP contribution in [0, 0.1) is 5.92 Å². The summed E-state index contributed by atoms with van der Waals surface area (Å²) in [6, 6.07) is 0.775. The molecule has 1 saturated carbocycles. The van der Waals surface area contributed by atoms with E-state index in [0.717, 1.165) is 18.5 Å². The van der Waals surface area contributed by atoms with Gasteiger partial charge < -0.3 is 10.2 Å². The predicted molar refractivity (Wildman–Crippen MR) is 82.1 cm³/mol. The molecule has 0 spiro atoms. The number of thiazole rings is 1. The van der Waals surface area contributed by atoms with Crippen LogP contribution in [0.15, 0.2) is 0 Å². The topological polar surface area (TPSA) is 28.2 Å². The van der Waals surface area contributed by atoms with Gasteiger partial charge in [0.25, 0.3) is 0 Å². The van der Waals surface area contributed by atoms with Gasteiger partial charge in [-0.2, -0.15) is 0 Å². The van der Waals surface area contributed by atoms with E-state index < -0.39 is 0 Å². The molecule has 106 valence electrons. The zero-order valence-electron chi connectivity index (χ0n) is 12.3. The summed E-state index contributed by atoms with van der Waals surface area (Å²) >= 11 is 1.91. The highest BCUT2D eigenvalue weighted by Gasteiger charge is 2.25. The Hall–Kier alpha value is -0.610. The van der Waals surface area contributed by atoms with Crippen LogP contribution in [0.3, 0.4) is 0 Å². The first-order valence-corrected chi connectivity index (χ1v) is 8.43. The lowest BCUT2D eigenvalue weighted by atomic mass is 10.1. The lowest BCUT2D eigenvalue weighted by molar-refractivity contribution is 0.659. The Morgan fingerprint density at radius 2 is 2.16 bits per heavy atom. The molecule has 1 saturated heterocycles. The molecule has 2 heterocycles.